The first-order valence-corrected chi connectivity index (χ1v) is 34.2. The number of aliphatic hydroxyl groups excluding tert-OH is 5. The Bertz CT molecular complexity index is 2730. The Labute approximate surface area is 580 Å². The fourth-order valence-corrected chi connectivity index (χ4v) is 11.1. The number of nitrogens with zero attached hydrogens (tertiary/aromatic N) is 2. The third-order valence-corrected chi connectivity index (χ3v) is 17.3. The molecule has 99 heavy (non-hydrogen) atoms. The first-order chi connectivity index (χ1) is 46.0. The largest absolute Gasteiger partial charge is 0.480 e. The SMILES string of the molecule is CCCCCCC[C@H](CC(=O)N[C@H](C(=O)N[C@@H](C(=O)O)[C@@H](O)C(C)C)C(C)C)NC(=O)[C@@H](NC(=O)[C@@H](CC(C)C)NC(=O)[C@@H]1CCCN1C(=O)[C@@H](NC(=O)[C@H](NC(=O)[C@H]([C@@H](C)CC)N(C)C(=O)[C@H](CCC(N)=O)NC(=O)[C@H](NC(=O)[C@H](C)N)[C@@H](O)C(C)C)[C@@H](O)C(N)=O)[C@@H](C)O)[C@@H](C)O. The molecule has 0 unspecified atom stereocenters. The zero-order valence-electron chi connectivity index (χ0n) is 60.1. The number of primary amides is 2. The molecule has 13 amide bonds. The first kappa shape index (κ1) is 89.4. The molecule has 566 valence electrons. The van der Waals surface area contributed by atoms with Gasteiger partial charge in [-0.1, -0.05) is 115 Å². The topological polar surface area (TPSA) is 553 Å². The van der Waals surface area contributed by atoms with Crippen molar-refractivity contribution in [3.63, 3.8) is 0 Å². The molecule has 34 heteroatoms. The Kier molecular flexibility index (Phi) is 38.9. The molecule has 0 bridgehead atoms. The van der Waals surface area contributed by atoms with Gasteiger partial charge in [0.25, 0.3) is 0 Å². The van der Waals surface area contributed by atoms with Crippen LogP contribution < -0.4 is 65.1 Å². The van der Waals surface area contributed by atoms with Gasteiger partial charge in [-0.3, -0.25) is 62.3 Å². The zero-order chi connectivity index (χ0) is 76.2. The van der Waals surface area contributed by atoms with Crippen molar-refractivity contribution in [1.29, 1.82) is 0 Å². The van der Waals surface area contributed by atoms with E-state index in [4.69, 9.17) is 17.2 Å². The summed E-state index contributed by atoms with van der Waals surface area (Å²) in [4.78, 5) is 193. The summed E-state index contributed by atoms with van der Waals surface area (Å²) in [5.74, 6) is -17.9. The number of unbranched alkanes of at least 4 members (excludes halogenated alkanes) is 4. The molecule has 0 aromatic rings. The van der Waals surface area contributed by atoms with Crippen molar-refractivity contribution in [2.24, 2.45) is 46.8 Å². The summed E-state index contributed by atoms with van der Waals surface area (Å²) in [5.41, 5.74) is 16.6. The molecule has 1 heterocycles. The number of nitrogens with one attached hydrogen (secondary N) is 9. The van der Waals surface area contributed by atoms with E-state index in [1.165, 1.54) is 20.8 Å². The molecular weight excluding hydrogens is 1300 g/mol. The number of amides is 13. The van der Waals surface area contributed by atoms with Crippen LogP contribution in [0.1, 0.15) is 180 Å². The van der Waals surface area contributed by atoms with Gasteiger partial charge in [0.1, 0.15) is 54.4 Å². The predicted molar refractivity (Wildman–Crippen MR) is 360 cm³/mol. The lowest BCUT2D eigenvalue weighted by molar-refractivity contribution is -0.148. The van der Waals surface area contributed by atoms with Crippen molar-refractivity contribution in [3.05, 3.63) is 0 Å². The van der Waals surface area contributed by atoms with Crippen molar-refractivity contribution < 1.29 is 97.8 Å². The fourth-order valence-electron chi connectivity index (χ4n) is 11.1. The van der Waals surface area contributed by atoms with Crippen molar-refractivity contribution in [3.8, 4) is 0 Å². The number of likely N-dealkylation sites (N-methyl/N-ethyl adjacent to an activating group) is 1. The Morgan fingerprint density at radius 2 is 1.04 bits per heavy atom. The summed E-state index contributed by atoms with van der Waals surface area (Å²) in [6, 6.07) is -18.8. The summed E-state index contributed by atoms with van der Waals surface area (Å²) in [6.45, 7) is 21.5. The van der Waals surface area contributed by atoms with Crippen LogP contribution in [0.25, 0.3) is 0 Å². The second kappa shape index (κ2) is 43.1. The van der Waals surface area contributed by atoms with Crippen LogP contribution in [0.3, 0.4) is 0 Å². The van der Waals surface area contributed by atoms with Crippen LogP contribution in [0.4, 0.5) is 0 Å². The predicted octanol–water partition coefficient (Wildman–Crippen LogP) is -3.99. The Balaban J connectivity index is 3.61. The maximum absolute atomic E-state index is 14.6. The van der Waals surface area contributed by atoms with Gasteiger partial charge in [0, 0.05) is 32.5 Å². The molecule has 0 radical (unpaired) electrons. The molecule has 1 aliphatic rings. The highest BCUT2D eigenvalue weighted by Gasteiger charge is 2.45. The molecule has 0 aliphatic carbocycles. The van der Waals surface area contributed by atoms with E-state index in [1.807, 2.05) is 6.92 Å². The second-order valence-electron chi connectivity index (χ2n) is 27.5. The van der Waals surface area contributed by atoms with Crippen molar-refractivity contribution in [1.82, 2.24) is 57.7 Å². The number of likely N-dealkylation sites (tertiary alicyclic amines) is 1. The minimum atomic E-state index is -2.54. The van der Waals surface area contributed by atoms with Crippen LogP contribution in [0, 0.1) is 29.6 Å². The molecule has 1 saturated heterocycles. The molecule has 18 atom stereocenters. The Morgan fingerprint density at radius 3 is 1.54 bits per heavy atom. The molecule has 0 spiro atoms. The number of nitrogens with two attached hydrogens (primary N) is 3. The number of hydrogen-bond acceptors (Lipinski definition) is 20. The monoisotopic (exact) mass is 1410 g/mol. The number of rotatable bonds is 45. The van der Waals surface area contributed by atoms with E-state index in [-0.39, 0.29) is 44.6 Å². The van der Waals surface area contributed by atoms with Gasteiger partial charge in [-0.2, -0.15) is 0 Å². The molecule has 21 N–H and O–H groups in total. The number of aliphatic hydroxyl groups is 5. The lowest BCUT2D eigenvalue weighted by atomic mass is 9.94. The van der Waals surface area contributed by atoms with Gasteiger partial charge in [-0.05, 0) is 82.5 Å². The number of carboxylic acids is 1. The Morgan fingerprint density at radius 1 is 0.535 bits per heavy atom. The maximum Gasteiger partial charge on any atom is 0.328 e. The molecule has 1 rings (SSSR count). The van der Waals surface area contributed by atoms with Crippen LogP contribution >= 0.6 is 0 Å². The molecule has 0 aromatic carbocycles. The normalized spacial score (nSPS) is 18.3. The van der Waals surface area contributed by atoms with Crippen molar-refractivity contribution in [2.75, 3.05) is 13.6 Å². The lowest BCUT2D eigenvalue weighted by Crippen LogP contribution is -2.65. The van der Waals surface area contributed by atoms with E-state index in [2.05, 4.69) is 47.9 Å². The molecule has 34 nitrogen and oxygen atoms in total. The smallest absolute Gasteiger partial charge is 0.328 e. The van der Waals surface area contributed by atoms with Gasteiger partial charge in [0.05, 0.1) is 30.5 Å². The van der Waals surface area contributed by atoms with Crippen LogP contribution in [-0.2, 0) is 67.1 Å². The molecule has 0 saturated carbocycles. The third kappa shape index (κ3) is 28.8. The minimum Gasteiger partial charge on any atom is -0.480 e. The molecule has 1 aliphatic heterocycles. The maximum atomic E-state index is 14.6. The van der Waals surface area contributed by atoms with E-state index in [9.17, 15) is 97.8 Å². The van der Waals surface area contributed by atoms with Gasteiger partial charge in [0.15, 0.2) is 12.1 Å². The summed E-state index contributed by atoms with van der Waals surface area (Å²) in [7, 11) is 1.13. The number of hydrogen-bond donors (Lipinski definition) is 18. The van der Waals surface area contributed by atoms with E-state index in [0.29, 0.717) is 6.42 Å². The summed E-state index contributed by atoms with van der Waals surface area (Å²) in [6.07, 6.45) is -5.84. The zero-order valence-corrected chi connectivity index (χ0v) is 60.1. The Hall–Kier alpha value is -7.66. The van der Waals surface area contributed by atoms with E-state index in [0.717, 1.165) is 49.5 Å². The molecule has 1 fully saturated rings. The summed E-state index contributed by atoms with van der Waals surface area (Å²) >= 11 is 0. The summed E-state index contributed by atoms with van der Waals surface area (Å²) < 4.78 is 0. The minimum absolute atomic E-state index is 0.0210. The average Bonchev–Trinajstić information content (AvgIpc) is 1.80. The molecule has 0 aromatic heterocycles. The van der Waals surface area contributed by atoms with E-state index in [1.54, 1.807) is 62.3 Å². The van der Waals surface area contributed by atoms with Gasteiger partial charge >= 0.3 is 5.97 Å². The van der Waals surface area contributed by atoms with Crippen LogP contribution in [0.15, 0.2) is 0 Å². The van der Waals surface area contributed by atoms with Crippen LogP contribution in [0.5, 0.6) is 0 Å². The first-order valence-electron chi connectivity index (χ1n) is 34.2. The van der Waals surface area contributed by atoms with Gasteiger partial charge < -0.3 is 105 Å². The second-order valence-corrected chi connectivity index (χ2v) is 27.5. The number of aliphatic carboxylic acids is 1. The highest BCUT2D eigenvalue weighted by atomic mass is 16.4. The fraction of sp³-hybridized carbons (Fsp3) is 0.785. The van der Waals surface area contributed by atoms with Gasteiger partial charge in [-0.15, -0.1) is 0 Å². The highest BCUT2D eigenvalue weighted by molar-refractivity contribution is 6.01. The quantitative estimate of drug-likeness (QED) is 0.0258. The van der Waals surface area contributed by atoms with Gasteiger partial charge in [-0.25, -0.2) is 4.79 Å². The van der Waals surface area contributed by atoms with Gasteiger partial charge in [0.2, 0.25) is 76.8 Å². The van der Waals surface area contributed by atoms with E-state index < -0.39 is 229 Å². The number of carboxylic acid groups (broad SMARTS) is 1. The number of carbonyl (C=O) groups excluding carboxylic acids is 13. The standard InChI is InChI=1S/C65H116N14O20/c1-16-18-19-20-21-23-38(29-43(83)72-44(31(5)6)58(91)77-49(65(98)99)52(85)33(9)10)69-59(92)45(36(13)80)73-56(89)40(28-30(3)4)71-57(90)41-24-22-27-79(41)64(97)46(37(14)81)74-61(94)48(53(86)54(68)87)76-62(95)50(34(11)17-2)78(15)63(96)39(25-26-42(67)82)70-60(93)47(51(84)32(7)8)75-55(88)35(12)66/h30-41,44-53,80-81,84-86H,16-29,66H2,1-15H3,(H2,67,82)(H2,68,87)(H,69,92)(H,70,93)(H,71,90)(H,72,83)(H,73,89)(H,74,94)(H,75,88)(H,76,95)(H,77,91)(H,98,99)/t34-,35-,36+,37+,38+,39-,40+,41-,44-,45-,46-,47+,48+,49+,50-,51-,52-,53+/m0/s1. The highest BCUT2D eigenvalue weighted by Crippen LogP contribution is 2.23. The molecular formula is C65H116N14O20. The van der Waals surface area contributed by atoms with Crippen molar-refractivity contribution in [2.45, 2.75) is 283 Å². The number of carbonyl (C=O) groups is 14. The average molecular weight is 1410 g/mol. The summed E-state index contributed by atoms with van der Waals surface area (Å²) in [5, 5.41) is 86.5. The van der Waals surface area contributed by atoms with Crippen LogP contribution in [0.2, 0.25) is 0 Å². The third-order valence-electron chi connectivity index (χ3n) is 17.3. The van der Waals surface area contributed by atoms with E-state index >= 15 is 0 Å². The lowest BCUT2D eigenvalue weighted by Gasteiger charge is -2.36. The van der Waals surface area contributed by atoms with Crippen LogP contribution in [-0.4, -0.2) is 240 Å². The van der Waals surface area contributed by atoms with Crippen molar-refractivity contribution >= 4 is 82.8 Å².